The summed E-state index contributed by atoms with van der Waals surface area (Å²) >= 11 is 0. The van der Waals surface area contributed by atoms with Gasteiger partial charge in [-0.2, -0.15) is 13.2 Å². The van der Waals surface area contributed by atoms with Crippen LogP contribution < -0.4 is 16.0 Å². The number of carbonyl (C=O) groups is 1. The maximum atomic E-state index is 12.8. The van der Waals surface area contributed by atoms with E-state index in [1.165, 1.54) is 11.6 Å². The number of aromatic nitrogens is 1. The third-order valence-corrected chi connectivity index (χ3v) is 6.92. The molecule has 1 aliphatic carbocycles. The smallest absolute Gasteiger partial charge is 0.388 e. The van der Waals surface area contributed by atoms with E-state index in [-0.39, 0.29) is 25.0 Å². The van der Waals surface area contributed by atoms with Gasteiger partial charge in [-0.25, -0.2) is 0 Å². The lowest BCUT2D eigenvalue weighted by Crippen LogP contribution is -2.63. The molecule has 2 heterocycles. The van der Waals surface area contributed by atoms with Gasteiger partial charge in [0.05, 0.1) is 18.2 Å². The van der Waals surface area contributed by atoms with Crippen molar-refractivity contribution in [3.8, 4) is 0 Å². The van der Waals surface area contributed by atoms with E-state index in [1.54, 1.807) is 6.07 Å². The van der Waals surface area contributed by atoms with Gasteiger partial charge < -0.3 is 16.0 Å². The number of carbonyl (C=O) groups excluding carboxylic acids is 1. The Bertz CT molecular complexity index is 969. The van der Waals surface area contributed by atoms with Gasteiger partial charge in [-0.05, 0) is 54.9 Å². The molecule has 34 heavy (non-hydrogen) atoms. The Kier molecular flexibility index (Phi) is 7.73. The Morgan fingerprint density at radius 1 is 1.15 bits per heavy atom. The maximum Gasteiger partial charge on any atom is 0.416 e. The number of halogens is 3. The molecule has 9 heteroatoms. The molecule has 184 valence electrons. The fourth-order valence-corrected chi connectivity index (χ4v) is 5.07. The van der Waals surface area contributed by atoms with Crippen LogP contribution in [0.4, 0.5) is 18.9 Å². The van der Waals surface area contributed by atoms with Crippen LogP contribution in [-0.2, 0) is 17.5 Å². The number of pyridine rings is 1. The molecule has 1 aliphatic heterocycles. The first kappa shape index (κ1) is 24.5. The number of anilines is 1. The largest absolute Gasteiger partial charge is 0.416 e. The predicted octanol–water partition coefficient (Wildman–Crippen LogP) is 3.76. The first-order valence-corrected chi connectivity index (χ1v) is 11.9. The molecule has 1 aromatic heterocycles. The molecule has 0 spiro atoms. The van der Waals surface area contributed by atoms with Crippen molar-refractivity contribution in [3.05, 3.63) is 59.4 Å². The molecule has 0 atom stereocenters. The van der Waals surface area contributed by atoms with Gasteiger partial charge in [0.15, 0.2) is 0 Å². The van der Waals surface area contributed by atoms with Crippen LogP contribution in [0.15, 0.2) is 42.7 Å². The summed E-state index contributed by atoms with van der Waals surface area (Å²) in [5, 5.41) is 9.22. The molecule has 6 nitrogen and oxygen atoms in total. The van der Waals surface area contributed by atoms with Gasteiger partial charge >= 0.3 is 6.18 Å². The van der Waals surface area contributed by atoms with E-state index in [0.29, 0.717) is 17.5 Å². The Hall–Kier alpha value is -2.65. The Morgan fingerprint density at radius 2 is 1.91 bits per heavy atom. The number of hydrogen-bond acceptors (Lipinski definition) is 5. The van der Waals surface area contributed by atoms with Gasteiger partial charge in [-0.1, -0.05) is 18.2 Å². The van der Waals surface area contributed by atoms with Crippen molar-refractivity contribution in [3.63, 3.8) is 0 Å². The van der Waals surface area contributed by atoms with Crippen LogP contribution in [0.25, 0.3) is 0 Å². The number of benzene rings is 1. The van der Waals surface area contributed by atoms with Gasteiger partial charge in [-0.3, -0.25) is 14.7 Å². The second-order valence-corrected chi connectivity index (χ2v) is 9.24. The van der Waals surface area contributed by atoms with Gasteiger partial charge in [0.1, 0.15) is 0 Å². The summed E-state index contributed by atoms with van der Waals surface area (Å²) in [4.78, 5) is 19.0. The third kappa shape index (κ3) is 6.07. The Balaban J connectivity index is 1.14. The molecule has 1 saturated carbocycles. The minimum atomic E-state index is -4.36. The van der Waals surface area contributed by atoms with Crippen LogP contribution in [0.3, 0.4) is 0 Å². The van der Waals surface area contributed by atoms with Crippen molar-refractivity contribution in [2.45, 2.75) is 56.4 Å². The summed E-state index contributed by atoms with van der Waals surface area (Å²) in [5.41, 5.74) is 2.28. The van der Waals surface area contributed by atoms with Crippen molar-refractivity contribution in [2.24, 2.45) is 0 Å². The summed E-state index contributed by atoms with van der Waals surface area (Å²) < 4.78 is 38.4. The Labute approximate surface area is 198 Å². The molecule has 1 amide bonds. The molecular formula is C25H32F3N5O. The minimum absolute atomic E-state index is 0.0801. The van der Waals surface area contributed by atoms with Crippen LogP contribution in [0, 0.1) is 0 Å². The molecule has 2 aliphatic rings. The Morgan fingerprint density at radius 3 is 2.62 bits per heavy atom. The highest BCUT2D eigenvalue weighted by atomic mass is 19.4. The highest BCUT2D eigenvalue weighted by Gasteiger charge is 2.35. The quantitative estimate of drug-likeness (QED) is 0.543. The van der Waals surface area contributed by atoms with Crippen molar-refractivity contribution in [2.75, 3.05) is 32.0 Å². The molecule has 1 aromatic carbocycles. The molecule has 0 unspecified atom stereocenters. The number of hydrogen-bond donors (Lipinski definition) is 3. The zero-order valence-electron chi connectivity index (χ0n) is 19.4. The zero-order chi connectivity index (χ0) is 24.1. The van der Waals surface area contributed by atoms with Gasteiger partial charge in [0, 0.05) is 50.8 Å². The third-order valence-electron chi connectivity index (χ3n) is 6.92. The van der Waals surface area contributed by atoms with E-state index in [2.05, 4.69) is 25.8 Å². The van der Waals surface area contributed by atoms with Gasteiger partial charge in [0.2, 0.25) is 5.91 Å². The van der Waals surface area contributed by atoms with E-state index in [1.807, 2.05) is 25.5 Å². The molecule has 0 radical (unpaired) electrons. The highest BCUT2D eigenvalue weighted by Crippen LogP contribution is 2.38. The van der Waals surface area contributed by atoms with Crippen molar-refractivity contribution < 1.29 is 18.0 Å². The van der Waals surface area contributed by atoms with E-state index in [9.17, 15) is 18.0 Å². The number of alkyl halides is 3. The fraction of sp³-hybridized carbons (Fsp3) is 0.520. The lowest BCUT2D eigenvalue weighted by atomic mass is 9.80. The fourth-order valence-electron chi connectivity index (χ4n) is 5.07. The second kappa shape index (κ2) is 10.7. The maximum absolute atomic E-state index is 12.8. The first-order valence-electron chi connectivity index (χ1n) is 11.9. The number of rotatable bonds is 8. The van der Waals surface area contributed by atoms with Crippen molar-refractivity contribution in [1.29, 1.82) is 0 Å². The monoisotopic (exact) mass is 475 g/mol. The van der Waals surface area contributed by atoms with Crippen LogP contribution >= 0.6 is 0 Å². The molecule has 0 bridgehead atoms. The summed E-state index contributed by atoms with van der Waals surface area (Å²) in [6.07, 6.45) is 3.99. The standard InChI is InChI=1S/C25H32F3N5O/c1-29-23-9-10-30-13-22(23)18-5-7-21(8-6-18)33-15-20(16-33)32-24(34)14-31-12-17-3-2-4-19(11-17)25(26,27)28/h2-4,9-11,13,18,20-21,31H,5-8,12,14-16H2,1H3,(H,29,30)(H,32,34). The van der Waals surface area contributed by atoms with Crippen molar-refractivity contribution >= 4 is 11.6 Å². The van der Waals surface area contributed by atoms with E-state index < -0.39 is 11.7 Å². The average Bonchev–Trinajstić information content (AvgIpc) is 2.81. The normalized spacial score (nSPS) is 21.6. The minimum Gasteiger partial charge on any atom is -0.388 e. The number of amides is 1. The number of nitrogens with one attached hydrogen (secondary N) is 3. The van der Waals surface area contributed by atoms with Gasteiger partial charge in [-0.15, -0.1) is 0 Å². The highest BCUT2D eigenvalue weighted by molar-refractivity contribution is 5.78. The SMILES string of the molecule is CNc1ccncc1C1CCC(N2CC(NC(=O)CNCc3cccc(C(F)(F)F)c3)C2)CC1. The van der Waals surface area contributed by atoms with Crippen molar-refractivity contribution in [1.82, 2.24) is 20.5 Å². The van der Waals surface area contributed by atoms with Crippen LogP contribution in [0.1, 0.15) is 48.3 Å². The average molecular weight is 476 g/mol. The summed E-state index contributed by atoms with van der Waals surface area (Å²) in [6.45, 7) is 1.99. The van der Waals surface area contributed by atoms with Crippen LogP contribution in [0.5, 0.6) is 0 Å². The molecule has 3 N–H and O–H groups in total. The molecule has 1 saturated heterocycles. The molecular weight excluding hydrogens is 443 g/mol. The number of likely N-dealkylation sites (tertiary alicyclic amines) is 1. The first-order chi connectivity index (χ1) is 16.3. The van der Waals surface area contributed by atoms with E-state index in [0.717, 1.165) is 56.6 Å². The van der Waals surface area contributed by atoms with Crippen LogP contribution in [-0.4, -0.2) is 54.6 Å². The number of nitrogens with zero attached hydrogens (tertiary/aromatic N) is 2. The zero-order valence-corrected chi connectivity index (χ0v) is 19.4. The van der Waals surface area contributed by atoms with Crippen LogP contribution in [0.2, 0.25) is 0 Å². The second-order valence-electron chi connectivity index (χ2n) is 9.24. The molecule has 2 aromatic rings. The summed E-state index contributed by atoms with van der Waals surface area (Å²) in [7, 11) is 1.94. The summed E-state index contributed by atoms with van der Waals surface area (Å²) in [5.74, 6) is 0.406. The topological polar surface area (TPSA) is 69.3 Å². The lowest BCUT2D eigenvalue weighted by molar-refractivity contribution is -0.137. The predicted molar refractivity (Wildman–Crippen MR) is 125 cm³/mol. The van der Waals surface area contributed by atoms with E-state index >= 15 is 0 Å². The lowest BCUT2D eigenvalue weighted by Gasteiger charge is -2.46. The van der Waals surface area contributed by atoms with Gasteiger partial charge in [0.25, 0.3) is 0 Å². The summed E-state index contributed by atoms with van der Waals surface area (Å²) in [6, 6.07) is 7.87. The molecule has 2 fully saturated rings. The molecule has 4 rings (SSSR count). The van der Waals surface area contributed by atoms with E-state index in [4.69, 9.17) is 0 Å².